The standard InChI is InChI=1S/C11H17NO2S/c1-3-4-5-6-7-15-9-8-10(13)12(2)11(9)14/h8H,3-7H2,1-2H3. The van der Waals surface area contributed by atoms with Crippen molar-refractivity contribution in [2.75, 3.05) is 12.8 Å². The minimum absolute atomic E-state index is 0.152. The van der Waals surface area contributed by atoms with Crippen LogP contribution in [0.3, 0.4) is 0 Å². The lowest BCUT2D eigenvalue weighted by Crippen LogP contribution is -2.25. The third-order valence-corrected chi connectivity index (χ3v) is 3.45. The molecule has 0 saturated heterocycles. The molecule has 0 bridgehead atoms. The Labute approximate surface area is 94.9 Å². The number of nitrogens with zero attached hydrogens (tertiary/aromatic N) is 1. The summed E-state index contributed by atoms with van der Waals surface area (Å²) in [4.78, 5) is 24.4. The van der Waals surface area contributed by atoms with Crippen molar-refractivity contribution in [1.29, 1.82) is 0 Å². The van der Waals surface area contributed by atoms with Crippen LogP contribution in [-0.4, -0.2) is 29.5 Å². The normalized spacial score (nSPS) is 16.1. The van der Waals surface area contributed by atoms with Gasteiger partial charge in [0.1, 0.15) is 0 Å². The Balaban J connectivity index is 2.25. The number of amides is 2. The number of thioether (sulfide) groups is 1. The van der Waals surface area contributed by atoms with E-state index in [1.54, 1.807) is 0 Å². The van der Waals surface area contributed by atoms with E-state index < -0.39 is 0 Å². The lowest BCUT2D eigenvalue weighted by Gasteiger charge is -2.06. The van der Waals surface area contributed by atoms with E-state index in [1.807, 2.05) is 0 Å². The Morgan fingerprint density at radius 3 is 2.53 bits per heavy atom. The van der Waals surface area contributed by atoms with Gasteiger partial charge < -0.3 is 0 Å². The number of carbonyl (C=O) groups excluding carboxylic acids is 2. The van der Waals surface area contributed by atoms with Crippen molar-refractivity contribution < 1.29 is 9.59 Å². The van der Waals surface area contributed by atoms with E-state index in [-0.39, 0.29) is 11.8 Å². The summed E-state index contributed by atoms with van der Waals surface area (Å²) in [5, 5.41) is 0. The summed E-state index contributed by atoms with van der Waals surface area (Å²) in [6.07, 6.45) is 6.21. The molecule has 0 atom stereocenters. The minimum atomic E-state index is -0.198. The van der Waals surface area contributed by atoms with Crippen LogP contribution in [0.5, 0.6) is 0 Å². The molecule has 0 aromatic rings. The first-order chi connectivity index (χ1) is 7.16. The van der Waals surface area contributed by atoms with Crippen molar-refractivity contribution in [1.82, 2.24) is 4.90 Å². The van der Waals surface area contributed by atoms with Gasteiger partial charge in [-0.25, -0.2) is 0 Å². The van der Waals surface area contributed by atoms with Crippen molar-refractivity contribution in [3.05, 3.63) is 11.0 Å². The molecule has 84 valence electrons. The second-order valence-corrected chi connectivity index (χ2v) is 4.76. The van der Waals surface area contributed by atoms with Crippen LogP contribution >= 0.6 is 11.8 Å². The molecule has 1 rings (SSSR count). The van der Waals surface area contributed by atoms with Gasteiger partial charge in [-0.2, -0.15) is 0 Å². The summed E-state index contributed by atoms with van der Waals surface area (Å²) in [5.74, 6) is 0.579. The fourth-order valence-corrected chi connectivity index (χ4v) is 2.36. The second-order valence-electron chi connectivity index (χ2n) is 3.62. The second kappa shape index (κ2) is 5.95. The van der Waals surface area contributed by atoms with E-state index in [1.165, 1.54) is 44.1 Å². The highest BCUT2D eigenvalue weighted by atomic mass is 32.2. The van der Waals surface area contributed by atoms with Gasteiger partial charge in [0.2, 0.25) is 0 Å². The van der Waals surface area contributed by atoms with E-state index in [0.29, 0.717) is 4.91 Å². The number of carbonyl (C=O) groups is 2. The van der Waals surface area contributed by atoms with Crippen molar-refractivity contribution in [2.24, 2.45) is 0 Å². The lowest BCUT2D eigenvalue weighted by atomic mass is 10.2. The van der Waals surface area contributed by atoms with Crippen LogP contribution in [0.25, 0.3) is 0 Å². The third-order valence-electron chi connectivity index (χ3n) is 2.36. The van der Waals surface area contributed by atoms with Crippen molar-refractivity contribution in [3.8, 4) is 0 Å². The monoisotopic (exact) mass is 227 g/mol. The molecular formula is C11H17NO2S. The number of hydrogen-bond acceptors (Lipinski definition) is 3. The van der Waals surface area contributed by atoms with Gasteiger partial charge in [-0.05, 0) is 12.2 Å². The van der Waals surface area contributed by atoms with Gasteiger partial charge in [0.15, 0.2) is 0 Å². The van der Waals surface area contributed by atoms with Crippen LogP contribution in [0, 0.1) is 0 Å². The van der Waals surface area contributed by atoms with Crippen molar-refractivity contribution in [2.45, 2.75) is 32.6 Å². The fourth-order valence-electron chi connectivity index (χ4n) is 1.35. The SMILES string of the molecule is CCCCCCSC1=CC(=O)N(C)C1=O. The summed E-state index contributed by atoms with van der Waals surface area (Å²) in [6, 6.07) is 0. The molecule has 0 fully saturated rings. The molecule has 0 radical (unpaired) electrons. The molecule has 0 aliphatic carbocycles. The maximum atomic E-state index is 11.5. The molecule has 1 heterocycles. The van der Waals surface area contributed by atoms with Gasteiger partial charge in [0.05, 0.1) is 4.91 Å². The number of rotatable bonds is 6. The smallest absolute Gasteiger partial charge is 0.267 e. The average molecular weight is 227 g/mol. The van der Waals surface area contributed by atoms with Crippen LogP contribution in [0.2, 0.25) is 0 Å². The Bertz CT molecular complexity index is 286. The van der Waals surface area contributed by atoms with Crippen LogP contribution < -0.4 is 0 Å². The van der Waals surface area contributed by atoms with Gasteiger partial charge in [-0.15, -0.1) is 11.8 Å². The predicted molar refractivity (Wildman–Crippen MR) is 62.5 cm³/mol. The Hall–Kier alpha value is -0.770. The minimum Gasteiger partial charge on any atom is -0.278 e. The highest BCUT2D eigenvalue weighted by Gasteiger charge is 2.27. The van der Waals surface area contributed by atoms with Gasteiger partial charge in [0.25, 0.3) is 11.8 Å². The summed E-state index contributed by atoms with van der Waals surface area (Å²) in [6.45, 7) is 2.17. The molecule has 0 aromatic heterocycles. The predicted octanol–water partition coefficient (Wildman–Crippen LogP) is 2.18. The molecule has 1 aliphatic rings. The maximum absolute atomic E-state index is 11.5. The number of likely N-dealkylation sites (N-methyl/N-ethyl adjacent to an activating group) is 1. The molecule has 3 nitrogen and oxygen atoms in total. The van der Waals surface area contributed by atoms with Crippen LogP contribution in [0.4, 0.5) is 0 Å². The van der Waals surface area contributed by atoms with E-state index in [0.717, 1.165) is 17.1 Å². The molecule has 2 amide bonds. The Morgan fingerprint density at radius 1 is 1.27 bits per heavy atom. The van der Waals surface area contributed by atoms with Crippen LogP contribution in [-0.2, 0) is 9.59 Å². The Morgan fingerprint density at radius 2 is 2.00 bits per heavy atom. The van der Waals surface area contributed by atoms with Crippen LogP contribution in [0.15, 0.2) is 11.0 Å². The Kier molecular flexibility index (Phi) is 4.88. The molecule has 0 saturated carbocycles. The largest absolute Gasteiger partial charge is 0.278 e. The summed E-state index contributed by atoms with van der Waals surface area (Å²) >= 11 is 1.50. The zero-order valence-corrected chi connectivity index (χ0v) is 10.1. The number of unbranched alkanes of at least 4 members (excludes halogenated alkanes) is 3. The maximum Gasteiger partial charge on any atom is 0.267 e. The van der Waals surface area contributed by atoms with Crippen molar-refractivity contribution in [3.63, 3.8) is 0 Å². The van der Waals surface area contributed by atoms with E-state index in [4.69, 9.17) is 0 Å². The zero-order valence-electron chi connectivity index (χ0n) is 9.28. The first-order valence-corrected chi connectivity index (χ1v) is 6.32. The van der Waals surface area contributed by atoms with E-state index >= 15 is 0 Å². The molecule has 0 unspecified atom stereocenters. The molecule has 4 heteroatoms. The average Bonchev–Trinajstić information content (AvgIpc) is 2.46. The zero-order chi connectivity index (χ0) is 11.3. The van der Waals surface area contributed by atoms with Crippen molar-refractivity contribution >= 4 is 23.6 Å². The topological polar surface area (TPSA) is 37.4 Å². The van der Waals surface area contributed by atoms with E-state index in [9.17, 15) is 9.59 Å². The fraction of sp³-hybridized carbons (Fsp3) is 0.636. The molecule has 15 heavy (non-hydrogen) atoms. The van der Waals surface area contributed by atoms with Crippen LogP contribution in [0.1, 0.15) is 32.6 Å². The number of imide groups is 1. The van der Waals surface area contributed by atoms with Gasteiger partial charge in [-0.3, -0.25) is 14.5 Å². The van der Waals surface area contributed by atoms with Gasteiger partial charge >= 0.3 is 0 Å². The molecule has 0 spiro atoms. The first-order valence-electron chi connectivity index (χ1n) is 5.33. The van der Waals surface area contributed by atoms with Gasteiger partial charge in [0, 0.05) is 13.1 Å². The lowest BCUT2D eigenvalue weighted by molar-refractivity contribution is -0.135. The summed E-state index contributed by atoms with van der Waals surface area (Å²) in [7, 11) is 1.52. The molecule has 1 aliphatic heterocycles. The molecule has 0 aromatic carbocycles. The third kappa shape index (κ3) is 3.38. The highest BCUT2D eigenvalue weighted by molar-refractivity contribution is 8.04. The highest BCUT2D eigenvalue weighted by Crippen LogP contribution is 2.24. The molecule has 0 N–H and O–H groups in total. The first kappa shape index (κ1) is 12.3. The molecular weight excluding hydrogens is 210 g/mol. The van der Waals surface area contributed by atoms with Gasteiger partial charge in [-0.1, -0.05) is 26.2 Å². The van der Waals surface area contributed by atoms with E-state index in [2.05, 4.69) is 6.92 Å². The summed E-state index contributed by atoms with van der Waals surface area (Å²) in [5.41, 5.74) is 0. The summed E-state index contributed by atoms with van der Waals surface area (Å²) < 4.78 is 0. The quantitative estimate of drug-likeness (QED) is 0.515. The number of hydrogen-bond donors (Lipinski definition) is 0.